The molecule has 7 nitrogen and oxygen atoms in total. The third kappa shape index (κ3) is 12.5. The molecule has 1 aliphatic heterocycles. The summed E-state index contributed by atoms with van der Waals surface area (Å²) < 4.78 is 11.0. The topological polar surface area (TPSA) is 61.4 Å². The molecule has 1 aliphatic rings. The summed E-state index contributed by atoms with van der Waals surface area (Å²) in [5.74, 6) is 1.77. The van der Waals surface area contributed by atoms with E-state index in [4.69, 9.17) is 14.5 Å². The molecule has 0 aromatic heterocycles. The number of aliphatic imine (C=N–C) groups is 1. The first-order valence-corrected chi connectivity index (χ1v) is 11.3. The number of hydrogen-bond acceptors (Lipinski definition) is 5. The first-order valence-electron chi connectivity index (χ1n) is 11.3. The molecule has 2 rings (SSSR count). The van der Waals surface area contributed by atoms with E-state index in [1.165, 1.54) is 32.4 Å². The molecular weight excluding hydrogens is 505 g/mol. The number of likely N-dealkylation sites (tertiary alicyclic amines) is 1. The average molecular weight is 548 g/mol. The quantitative estimate of drug-likeness (QED) is 0.225. The molecule has 2 N–H and O–H groups in total. The van der Waals surface area contributed by atoms with E-state index in [1.807, 2.05) is 12.1 Å². The fourth-order valence-electron chi connectivity index (χ4n) is 3.44. The van der Waals surface area contributed by atoms with Crippen molar-refractivity contribution in [1.29, 1.82) is 0 Å². The third-order valence-corrected chi connectivity index (χ3v) is 5.25. The van der Waals surface area contributed by atoms with Crippen molar-refractivity contribution in [3.05, 3.63) is 29.8 Å². The van der Waals surface area contributed by atoms with E-state index in [0.29, 0.717) is 13.2 Å². The van der Waals surface area contributed by atoms with E-state index >= 15 is 0 Å². The Morgan fingerprint density at radius 3 is 2.65 bits per heavy atom. The average Bonchev–Trinajstić information content (AvgIpc) is 2.77. The number of guanidine groups is 1. The molecule has 1 saturated heterocycles. The minimum atomic E-state index is 0. The van der Waals surface area contributed by atoms with Gasteiger partial charge in [-0.2, -0.15) is 0 Å². The summed E-state index contributed by atoms with van der Waals surface area (Å²) in [4.78, 5) is 9.49. The summed E-state index contributed by atoms with van der Waals surface area (Å²) >= 11 is 0. The molecule has 0 amide bonds. The Morgan fingerprint density at radius 2 is 1.90 bits per heavy atom. The van der Waals surface area contributed by atoms with Gasteiger partial charge < -0.3 is 29.9 Å². The molecule has 0 radical (unpaired) electrons. The van der Waals surface area contributed by atoms with Crippen LogP contribution in [0.25, 0.3) is 0 Å². The van der Waals surface area contributed by atoms with E-state index in [0.717, 1.165) is 56.6 Å². The Kier molecular flexibility index (Phi) is 15.7. The maximum atomic E-state index is 5.92. The highest BCUT2D eigenvalue weighted by Gasteiger charge is 2.09. The maximum absolute atomic E-state index is 5.92. The van der Waals surface area contributed by atoms with Gasteiger partial charge in [0.1, 0.15) is 12.4 Å². The van der Waals surface area contributed by atoms with Crippen molar-refractivity contribution >= 4 is 29.9 Å². The van der Waals surface area contributed by atoms with Gasteiger partial charge in [-0.25, -0.2) is 4.99 Å². The van der Waals surface area contributed by atoms with Crippen LogP contribution in [0.4, 0.5) is 0 Å². The number of benzene rings is 1. The number of halogens is 1. The number of piperidine rings is 1. The lowest BCUT2D eigenvalue weighted by Gasteiger charge is -2.26. The van der Waals surface area contributed by atoms with Gasteiger partial charge in [0.05, 0.1) is 13.2 Å². The normalized spacial score (nSPS) is 14.9. The van der Waals surface area contributed by atoms with Crippen molar-refractivity contribution in [3.63, 3.8) is 0 Å². The predicted molar refractivity (Wildman–Crippen MR) is 140 cm³/mol. The van der Waals surface area contributed by atoms with Gasteiger partial charge >= 0.3 is 0 Å². The molecule has 1 heterocycles. The van der Waals surface area contributed by atoms with E-state index in [2.05, 4.69) is 46.5 Å². The Labute approximate surface area is 206 Å². The number of hydrogen-bond donors (Lipinski definition) is 2. The summed E-state index contributed by atoms with van der Waals surface area (Å²) in [6.07, 6.45) is 4.04. The SMILES string of the molecule is CCNC(=NCc1cccc(OCCN(C)CCOC)c1)NCCN1CCCCC1.I. The summed E-state index contributed by atoms with van der Waals surface area (Å²) in [5.41, 5.74) is 1.15. The number of methoxy groups -OCH3 is 1. The number of nitrogens with one attached hydrogen (secondary N) is 2. The molecule has 1 aromatic carbocycles. The second-order valence-electron chi connectivity index (χ2n) is 7.82. The zero-order chi connectivity index (χ0) is 21.4. The molecule has 1 fully saturated rings. The van der Waals surface area contributed by atoms with Gasteiger partial charge in [-0.15, -0.1) is 24.0 Å². The van der Waals surface area contributed by atoms with Gasteiger partial charge in [-0.05, 0) is 57.6 Å². The van der Waals surface area contributed by atoms with Crippen LogP contribution in [0, 0.1) is 0 Å². The first kappa shape index (κ1) is 27.9. The molecule has 1 aromatic rings. The summed E-state index contributed by atoms with van der Waals surface area (Å²) in [6.45, 7) is 11.2. The van der Waals surface area contributed by atoms with Crippen molar-refractivity contribution in [2.45, 2.75) is 32.7 Å². The van der Waals surface area contributed by atoms with Crippen LogP contribution in [-0.4, -0.2) is 88.9 Å². The molecule has 0 aliphatic carbocycles. The van der Waals surface area contributed by atoms with Gasteiger partial charge in [0.25, 0.3) is 0 Å². The number of nitrogens with zero attached hydrogens (tertiary/aromatic N) is 3. The van der Waals surface area contributed by atoms with Crippen molar-refractivity contribution in [2.24, 2.45) is 4.99 Å². The Balaban J connectivity index is 0.00000480. The van der Waals surface area contributed by atoms with Crippen LogP contribution in [0.15, 0.2) is 29.3 Å². The van der Waals surface area contributed by atoms with Crippen LogP contribution in [0.1, 0.15) is 31.7 Å². The lowest BCUT2D eigenvalue weighted by atomic mass is 10.1. The van der Waals surface area contributed by atoms with E-state index in [9.17, 15) is 0 Å². The number of rotatable bonds is 13. The van der Waals surface area contributed by atoms with Gasteiger partial charge in [-0.1, -0.05) is 18.6 Å². The van der Waals surface area contributed by atoms with Crippen molar-refractivity contribution in [2.75, 3.05) is 73.2 Å². The number of ether oxygens (including phenoxy) is 2. The predicted octanol–water partition coefficient (Wildman–Crippen LogP) is 2.80. The van der Waals surface area contributed by atoms with Crippen molar-refractivity contribution in [3.8, 4) is 5.75 Å². The van der Waals surface area contributed by atoms with E-state index in [-0.39, 0.29) is 24.0 Å². The zero-order valence-corrected chi connectivity index (χ0v) is 21.9. The standard InChI is InChI=1S/C23H41N5O2.HI/c1-4-24-23(25-11-14-28-12-6-5-7-13-28)26-20-21-9-8-10-22(19-21)30-18-16-27(2)15-17-29-3;/h8-10,19H,4-7,11-18,20H2,1-3H3,(H2,24,25,26);1H. The van der Waals surface area contributed by atoms with Crippen LogP contribution in [-0.2, 0) is 11.3 Å². The second-order valence-corrected chi connectivity index (χ2v) is 7.82. The van der Waals surface area contributed by atoms with Crippen LogP contribution in [0.2, 0.25) is 0 Å². The van der Waals surface area contributed by atoms with Crippen molar-refractivity contribution in [1.82, 2.24) is 20.4 Å². The highest BCUT2D eigenvalue weighted by atomic mass is 127. The Hall–Kier alpha value is -1.10. The fraction of sp³-hybridized carbons (Fsp3) is 0.696. The van der Waals surface area contributed by atoms with Gasteiger partial charge in [0, 0.05) is 39.8 Å². The second kappa shape index (κ2) is 17.5. The molecule has 0 spiro atoms. The van der Waals surface area contributed by atoms with E-state index in [1.54, 1.807) is 7.11 Å². The highest BCUT2D eigenvalue weighted by molar-refractivity contribution is 14.0. The van der Waals surface area contributed by atoms with Crippen molar-refractivity contribution < 1.29 is 9.47 Å². The van der Waals surface area contributed by atoms with Crippen LogP contribution in [0.3, 0.4) is 0 Å². The monoisotopic (exact) mass is 547 g/mol. The minimum Gasteiger partial charge on any atom is -0.492 e. The lowest BCUT2D eigenvalue weighted by molar-refractivity contribution is 0.150. The highest BCUT2D eigenvalue weighted by Crippen LogP contribution is 2.14. The summed E-state index contributed by atoms with van der Waals surface area (Å²) in [5, 5.41) is 6.81. The molecule has 178 valence electrons. The van der Waals surface area contributed by atoms with Crippen LogP contribution >= 0.6 is 24.0 Å². The largest absolute Gasteiger partial charge is 0.492 e. The van der Waals surface area contributed by atoms with Crippen LogP contribution < -0.4 is 15.4 Å². The smallest absolute Gasteiger partial charge is 0.191 e. The summed E-state index contributed by atoms with van der Waals surface area (Å²) in [6, 6.07) is 8.21. The van der Waals surface area contributed by atoms with Gasteiger partial charge in [-0.3, -0.25) is 0 Å². The van der Waals surface area contributed by atoms with Crippen LogP contribution in [0.5, 0.6) is 5.75 Å². The van der Waals surface area contributed by atoms with Gasteiger partial charge in [0.2, 0.25) is 0 Å². The third-order valence-electron chi connectivity index (χ3n) is 5.25. The molecule has 31 heavy (non-hydrogen) atoms. The van der Waals surface area contributed by atoms with E-state index < -0.39 is 0 Å². The first-order chi connectivity index (χ1) is 14.7. The lowest BCUT2D eigenvalue weighted by Crippen LogP contribution is -2.42. The maximum Gasteiger partial charge on any atom is 0.191 e. The molecule has 0 atom stereocenters. The molecule has 8 heteroatoms. The molecular formula is C23H42IN5O2. The minimum absolute atomic E-state index is 0. The Bertz CT molecular complexity index is 611. The zero-order valence-electron chi connectivity index (χ0n) is 19.6. The molecule has 0 saturated carbocycles. The molecule has 0 unspecified atom stereocenters. The molecule has 0 bridgehead atoms. The number of likely N-dealkylation sites (N-methyl/N-ethyl adjacent to an activating group) is 1. The Morgan fingerprint density at radius 1 is 1.13 bits per heavy atom. The fourth-order valence-corrected chi connectivity index (χ4v) is 3.44. The van der Waals surface area contributed by atoms with Gasteiger partial charge in [0.15, 0.2) is 5.96 Å². The summed E-state index contributed by atoms with van der Waals surface area (Å²) in [7, 11) is 3.80.